The highest BCUT2D eigenvalue weighted by molar-refractivity contribution is 6.03. The summed E-state index contributed by atoms with van der Waals surface area (Å²) in [5.74, 6) is 0. The summed E-state index contributed by atoms with van der Waals surface area (Å²) >= 11 is 0. The summed E-state index contributed by atoms with van der Waals surface area (Å²) in [4.78, 5) is 2.48. The van der Waals surface area contributed by atoms with Crippen molar-refractivity contribution in [1.29, 1.82) is 0 Å². The van der Waals surface area contributed by atoms with Crippen molar-refractivity contribution >= 4 is 39.2 Å². The lowest BCUT2D eigenvalue weighted by Crippen LogP contribution is -2.36. The highest BCUT2D eigenvalue weighted by Crippen LogP contribution is 2.63. The molecule has 0 radical (unpaired) electrons. The molecule has 0 atom stereocenters. The van der Waals surface area contributed by atoms with Crippen LogP contribution >= 0.6 is 0 Å². The van der Waals surface area contributed by atoms with Crippen molar-refractivity contribution in [2.75, 3.05) is 10.2 Å². The van der Waals surface area contributed by atoms with Gasteiger partial charge in [0.05, 0.1) is 22.5 Å². The van der Waals surface area contributed by atoms with E-state index in [2.05, 4.69) is 174 Å². The van der Waals surface area contributed by atoms with Crippen LogP contribution in [0, 0.1) is 0 Å². The van der Waals surface area contributed by atoms with Crippen LogP contribution in [-0.2, 0) is 5.41 Å². The van der Waals surface area contributed by atoms with Gasteiger partial charge in [0.1, 0.15) is 0 Å². The molecule has 9 rings (SSSR count). The summed E-state index contributed by atoms with van der Waals surface area (Å²) in [5.41, 5.74) is 13.1. The van der Waals surface area contributed by atoms with Crippen LogP contribution in [0.5, 0.6) is 0 Å². The average Bonchev–Trinajstić information content (AvgIpc) is 3.37. The van der Waals surface area contributed by atoms with Gasteiger partial charge >= 0.3 is 0 Å². The molecule has 1 N–H and O–H groups in total. The number of hydrogen-bond donors (Lipinski definition) is 1. The van der Waals surface area contributed by atoms with E-state index in [9.17, 15) is 0 Å². The van der Waals surface area contributed by atoms with Crippen LogP contribution in [0.2, 0.25) is 0 Å². The van der Waals surface area contributed by atoms with Crippen LogP contribution in [0.4, 0.5) is 28.4 Å². The van der Waals surface area contributed by atoms with Crippen molar-refractivity contribution in [2.24, 2.45) is 0 Å². The quantitative estimate of drug-likeness (QED) is 0.236. The molecule has 7 aromatic rings. The van der Waals surface area contributed by atoms with E-state index >= 15 is 0 Å². The molecule has 0 amide bonds. The van der Waals surface area contributed by atoms with Crippen LogP contribution in [0.1, 0.15) is 22.3 Å². The molecule has 2 nitrogen and oxygen atoms in total. The Bertz CT molecular complexity index is 2130. The minimum absolute atomic E-state index is 0.464. The second-order valence-corrected chi connectivity index (χ2v) is 11.4. The molecule has 0 saturated heterocycles. The molecule has 1 spiro atoms. The summed E-state index contributed by atoms with van der Waals surface area (Å²) < 4.78 is 0. The first-order valence-electron chi connectivity index (χ1n) is 14.9. The zero-order valence-corrected chi connectivity index (χ0v) is 23.5. The summed E-state index contributed by atoms with van der Waals surface area (Å²) in [7, 11) is 0. The maximum Gasteiger partial charge on any atom is 0.0755 e. The molecule has 1 heterocycles. The van der Waals surface area contributed by atoms with Gasteiger partial charge in [0.2, 0.25) is 0 Å². The largest absolute Gasteiger partial charge is 0.356 e. The molecule has 1 aliphatic heterocycles. The average molecular weight is 549 g/mol. The molecular weight excluding hydrogens is 520 g/mol. The first-order chi connectivity index (χ1) is 21.3. The lowest BCUT2D eigenvalue weighted by Gasteiger charge is -2.45. The van der Waals surface area contributed by atoms with Gasteiger partial charge in [-0.15, -0.1) is 0 Å². The Balaban J connectivity index is 1.41. The van der Waals surface area contributed by atoms with Crippen LogP contribution < -0.4 is 10.2 Å². The topological polar surface area (TPSA) is 15.3 Å². The molecule has 0 aromatic heterocycles. The van der Waals surface area contributed by atoms with Crippen LogP contribution in [0.15, 0.2) is 164 Å². The van der Waals surface area contributed by atoms with E-state index in [-0.39, 0.29) is 0 Å². The molecular formula is C41H28N2. The molecule has 0 saturated carbocycles. The van der Waals surface area contributed by atoms with Crippen LogP contribution in [-0.4, -0.2) is 0 Å². The van der Waals surface area contributed by atoms with Crippen molar-refractivity contribution in [3.8, 4) is 11.1 Å². The van der Waals surface area contributed by atoms with Crippen molar-refractivity contribution in [1.82, 2.24) is 0 Å². The van der Waals surface area contributed by atoms with E-state index in [1.54, 1.807) is 0 Å². The van der Waals surface area contributed by atoms with E-state index in [0.29, 0.717) is 0 Å². The Labute approximate surface area is 251 Å². The minimum atomic E-state index is -0.464. The zero-order valence-electron chi connectivity index (χ0n) is 23.5. The van der Waals surface area contributed by atoms with Gasteiger partial charge in [0, 0.05) is 16.8 Å². The van der Waals surface area contributed by atoms with Crippen molar-refractivity contribution < 1.29 is 0 Å². The maximum absolute atomic E-state index is 3.70. The molecule has 0 fully saturated rings. The SMILES string of the molecule is c1ccc(Nc2ccc3c(c2)C2(c4ccccc4-c4ccccc42)c2ccccc2N3c2cccc3ccccc23)cc1. The monoisotopic (exact) mass is 548 g/mol. The van der Waals surface area contributed by atoms with Crippen LogP contribution in [0.3, 0.4) is 0 Å². The standard InChI is InChI=1S/C41H28N2/c1-2-15-29(16-3-1)42-30-25-26-40-37(27-30)41(34-20-8-6-18-32(34)33-19-7-9-21-35(33)41)36-22-10-11-23-39(36)43(40)38-24-12-14-28-13-4-5-17-31(28)38/h1-27,42H. The smallest absolute Gasteiger partial charge is 0.0755 e. The number of nitrogens with zero attached hydrogens (tertiary/aromatic N) is 1. The number of para-hydroxylation sites is 2. The van der Waals surface area contributed by atoms with Gasteiger partial charge in [-0.05, 0) is 81.2 Å². The van der Waals surface area contributed by atoms with E-state index in [1.165, 1.54) is 61.2 Å². The Morgan fingerprint density at radius 2 is 0.977 bits per heavy atom. The summed E-state index contributed by atoms with van der Waals surface area (Å²) in [5, 5.41) is 6.17. The van der Waals surface area contributed by atoms with Gasteiger partial charge in [-0.1, -0.05) is 121 Å². The number of nitrogens with one attached hydrogen (secondary N) is 1. The molecule has 2 heteroatoms. The van der Waals surface area contributed by atoms with Gasteiger partial charge in [-0.2, -0.15) is 0 Å². The van der Waals surface area contributed by atoms with Crippen molar-refractivity contribution in [3.05, 3.63) is 186 Å². The Morgan fingerprint density at radius 1 is 0.395 bits per heavy atom. The Kier molecular flexibility index (Phi) is 5.15. The summed E-state index contributed by atoms with van der Waals surface area (Å²) in [6.07, 6.45) is 0. The first-order valence-corrected chi connectivity index (χ1v) is 14.9. The second kappa shape index (κ2) is 9.20. The molecule has 2 aliphatic rings. The third-order valence-electron chi connectivity index (χ3n) is 9.21. The van der Waals surface area contributed by atoms with Gasteiger partial charge in [-0.3, -0.25) is 0 Å². The fourth-order valence-corrected chi connectivity index (χ4v) is 7.54. The normalized spacial score (nSPS) is 13.7. The van der Waals surface area contributed by atoms with E-state index < -0.39 is 5.41 Å². The molecule has 0 bridgehead atoms. The number of hydrogen-bond acceptors (Lipinski definition) is 2. The van der Waals surface area contributed by atoms with E-state index in [0.717, 1.165) is 11.4 Å². The van der Waals surface area contributed by atoms with Gasteiger partial charge < -0.3 is 10.2 Å². The number of anilines is 5. The first kappa shape index (κ1) is 24.0. The van der Waals surface area contributed by atoms with Gasteiger partial charge in [-0.25, -0.2) is 0 Å². The molecule has 0 unspecified atom stereocenters. The highest BCUT2D eigenvalue weighted by Gasteiger charge is 2.51. The predicted octanol–water partition coefficient (Wildman–Crippen LogP) is 10.7. The fourth-order valence-electron chi connectivity index (χ4n) is 7.54. The third-order valence-corrected chi connectivity index (χ3v) is 9.21. The van der Waals surface area contributed by atoms with E-state index in [4.69, 9.17) is 0 Å². The van der Waals surface area contributed by atoms with Crippen molar-refractivity contribution in [3.63, 3.8) is 0 Å². The molecule has 1 aliphatic carbocycles. The minimum Gasteiger partial charge on any atom is -0.356 e. The summed E-state index contributed by atoms with van der Waals surface area (Å²) in [6, 6.07) is 59.6. The Hall–Kier alpha value is -5.60. The number of rotatable bonds is 3. The fraction of sp³-hybridized carbons (Fsp3) is 0.0244. The second-order valence-electron chi connectivity index (χ2n) is 11.4. The number of fused-ring (bicyclic) bond motifs is 10. The molecule has 43 heavy (non-hydrogen) atoms. The summed E-state index contributed by atoms with van der Waals surface area (Å²) in [6.45, 7) is 0. The lowest BCUT2D eigenvalue weighted by molar-refractivity contribution is 0.753. The molecule has 202 valence electrons. The lowest BCUT2D eigenvalue weighted by atomic mass is 9.64. The van der Waals surface area contributed by atoms with Gasteiger partial charge in [0.25, 0.3) is 0 Å². The predicted molar refractivity (Wildman–Crippen MR) is 179 cm³/mol. The molecule has 7 aromatic carbocycles. The highest BCUT2D eigenvalue weighted by atomic mass is 15.2. The van der Waals surface area contributed by atoms with Gasteiger partial charge in [0.15, 0.2) is 0 Å². The maximum atomic E-state index is 3.70. The zero-order chi connectivity index (χ0) is 28.4. The van der Waals surface area contributed by atoms with Crippen molar-refractivity contribution in [2.45, 2.75) is 5.41 Å². The third kappa shape index (κ3) is 3.35. The van der Waals surface area contributed by atoms with Crippen LogP contribution in [0.25, 0.3) is 21.9 Å². The Morgan fingerprint density at radius 3 is 1.77 bits per heavy atom. The van der Waals surface area contributed by atoms with E-state index in [1.807, 2.05) is 0 Å². The number of benzene rings is 7.